The number of aromatic nitrogens is 1. The van der Waals surface area contributed by atoms with Crippen molar-refractivity contribution in [2.24, 2.45) is 0 Å². The minimum Gasteiger partial charge on any atom is -0.495 e. The third-order valence-corrected chi connectivity index (χ3v) is 2.73. The molecule has 96 valence electrons. The summed E-state index contributed by atoms with van der Waals surface area (Å²) >= 11 is 0. The quantitative estimate of drug-likeness (QED) is 0.826. The second-order valence-corrected chi connectivity index (χ2v) is 5.24. The van der Waals surface area contributed by atoms with Gasteiger partial charge >= 0.3 is 0 Å². The zero-order valence-corrected chi connectivity index (χ0v) is 11.2. The first kappa shape index (κ1) is 12.5. The van der Waals surface area contributed by atoms with Crippen LogP contribution in [0.1, 0.15) is 26.5 Å². The first-order valence-corrected chi connectivity index (χ1v) is 5.82. The molecule has 2 aromatic rings. The monoisotopic (exact) mass is 246 g/mol. The third kappa shape index (κ3) is 2.32. The summed E-state index contributed by atoms with van der Waals surface area (Å²) < 4.78 is 11.0. The maximum Gasteiger partial charge on any atom is 0.226 e. The van der Waals surface area contributed by atoms with Crippen LogP contribution in [0.3, 0.4) is 0 Å². The highest BCUT2D eigenvalue weighted by Gasteiger charge is 2.20. The SMILES string of the molecule is COc1cc(-c2ncc(C(C)(C)C)o2)ccc1N. The van der Waals surface area contributed by atoms with Crippen LogP contribution in [0, 0.1) is 0 Å². The number of hydrogen-bond donors (Lipinski definition) is 1. The van der Waals surface area contributed by atoms with E-state index >= 15 is 0 Å². The van der Waals surface area contributed by atoms with Crippen LogP contribution < -0.4 is 10.5 Å². The molecule has 0 fully saturated rings. The van der Waals surface area contributed by atoms with Gasteiger partial charge in [0.25, 0.3) is 0 Å². The fourth-order valence-electron chi connectivity index (χ4n) is 1.60. The molecule has 0 atom stereocenters. The van der Waals surface area contributed by atoms with Crippen LogP contribution in [0.2, 0.25) is 0 Å². The number of oxazole rings is 1. The molecule has 1 aromatic carbocycles. The summed E-state index contributed by atoms with van der Waals surface area (Å²) in [6.07, 6.45) is 1.76. The predicted molar refractivity (Wildman–Crippen MR) is 71.6 cm³/mol. The minimum absolute atomic E-state index is 0.0524. The molecule has 2 N–H and O–H groups in total. The standard InChI is InChI=1S/C14H18N2O2/c1-14(2,3)12-8-16-13(18-12)9-5-6-10(15)11(7-9)17-4/h5-8H,15H2,1-4H3. The number of methoxy groups -OCH3 is 1. The molecule has 0 aliphatic carbocycles. The van der Waals surface area contributed by atoms with Gasteiger partial charge in [0.15, 0.2) is 0 Å². The van der Waals surface area contributed by atoms with E-state index in [2.05, 4.69) is 25.8 Å². The van der Waals surface area contributed by atoms with Crippen molar-refractivity contribution >= 4 is 5.69 Å². The lowest BCUT2D eigenvalue weighted by molar-refractivity contribution is 0.412. The maximum atomic E-state index is 5.78. The van der Waals surface area contributed by atoms with Crippen LogP contribution in [-0.4, -0.2) is 12.1 Å². The Hall–Kier alpha value is -1.97. The summed E-state index contributed by atoms with van der Waals surface area (Å²) in [4.78, 5) is 4.29. The first-order chi connectivity index (χ1) is 8.41. The Labute approximate surface area is 107 Å². The van der Waals surface area contributed by atoms with Crippen molar-refractivity contribution in [3.63, 3.8) is 0 Å². The fraction of sp³-hybridized carbons (Fsp3) is 0.357. The number of hydrogen-bond acceptors (Lipinski definition) is 4. The van der Waals surface area contributed by atoms with Crippen LogP contribution in [0.4, 0.5) is 5.69 Å². The Kier molecular flexibility index (Phi) is 3.03. The summed E-state index contributed by atoms with van der Waals surface area (Å²) in [5, 5.41) is 0. The van der Waals surface area contributed by atoms with E-state index in [1.807, 2.05) is 12.1 Å². The first-order valence-electron chi connectivity index (χ1n) is 5.82. The largest absolute Gasteiger partial charge is 0.495 e. The van der Waals surface area contributed by atoms with E-state index in [1.54, 1.807) is 19.4 Å². The molecule has 0 unspecified atom stereocenters. The van der Waals surface area contributed by atoms with Gasteiger partial charge in [-0.15, -0.1) is 0 Å². The summed E-state index contributed by atoms with van der Waals surface area (Å²) in [5.74, 6) is 2.06. The van der Waals surface area contributed by atoms with E-state index in [0.29, 0.717) is 17.3 Å². The van der Waals surface area contributed by atoms with E-state index < -0.39 is 0 Å². The number of nitrogens with two attached hydrogens (primary N) is 1. The number of benzene rings is 1. The molecule has 0 saturated heterocycles. The van der Waals surface area contributed by atoms with Gasteiger partial charge in [-0.1, -0.05) is 20.8 Å². The molecule has 4 nitrogen and oxygen atoms in total. The number of rotatable bonds is 2. The lowest BCUT2D eigenvalue weighted by Gasteiger charge is -2.13. The van der Waals surface area contributed by atoms with E-state index in [4.69, 9.17) is 14.9 Å². The van der Waals surface area contributed by atoms with Gasteiger partial charge in [0, 0.05) is 11.0 Å². The summed E-state index contributed by atoms with van der Waals surface area (Å²) in [6.45, 7) is 6.25. The van der Waals surface area contributed by atoms with E-state index in [-0.39, 0.29) is 5.41 Å². The maximum absolute atomic E-state index is 5.78. The molecule has 0 spiro atoms. The minimum atomic E-state index is -0.0524. The van der Waals surface area contributed by atoms with Crippen molar-refractivity contribution < 1.29 is 9.15 Å². The van der Waals surface area contributed by atoms with Crippen LogP contribution in [-0.2, 0) is 5.41 Å². The van der Waals surface area contributed by atoms with Crippen molar-refractivity contribution in [3.8, 4) is 17.2 Å². The summed E-state index contributed by atoms with van der Waals surface area (Å²) in [6, 6.07) is 5.48. The average Bonchev–Trinajstić information content (AvgIpc) is 2.78. The zero-order chi connectivity index (χ0) is 13.3. The van der Waals surface area contributed by atoms with Gasteiger partial charge in [0.1, 0.15) is 11.5 Å². The Balaban J connectivity index is 2.40. The van der Waals surface area contributed by atoms with Crippen molar-refractivity contribution in [2.45, 2.75) is 26.2 Å². The second-order valence-electron chi connectivity index (χ2n) is 5.24. The van der Waals surface area contributed by atoms with Crippen molar-refractivity contribution in [3.05, 3.63) is 30.2 Å². The topological polar surface area (TPSA) is 61.3 Å². The average molecular weight is 246 g/mol. The molecule has 1 heterocycles. The van der Waals surface area contributed by atoms with E-state index in [1.165, 1.54) is 0 Å². The molecule has 0 bridgehead atoms. The third-order valence-electron chi connectivity index (χ3n) is 2.73. The molecular weight excluding hydrogens is 228 g/mol. The molecule has 0 aliphatic rings. The number of nitrogen functional groups attached to an aromatic ring is 1. The van der Waals surface area contributed by atoms with Crippen LogP contribution in [0.5, 0.6) is 5.75 Å². The molecule has 0 saturated carbocycles. The Bertz CT molecular complexity index is 553. The molecule has 18 heavy (non-hydrogen) atoms. The molecule has 0 amide bonds. The number of nitrogens with zero attached hydrogens (tertiary/aromatic N) is 1. The highest BCUT2D eigenvalue weighted by molar-refractivity contribution is 5.64. The predicted octanol–water partition coefficient (Wildman–Crippen LogP) is 3.23. The molecule has 1 aromatic heterocycles. The van der Waals surface area contributed by atoms with Crippen molar-refractivity contribution in [1.82, 2.24) is 4.98 Å². The highest BCUT2D eigenvalue weighted by atomic mass is 16.5. The highest BCUT2D eigenvalue weighted by Crippen LogP contribution is 2.31. The van der Waals surface area contributed by atoms with Gasteiger partial charge < -0.3 is 14.9 Å². The van der Waals surface area contributed by atoms with Gasteiger partial charge in [-0.2, -0.15) is 0 Å². The van der Waals surface area contributed by atoms with Crippen LogP contribution in [0.15, 0.2) is 28.8 Å². The summed E-state index contributed by atoms with van der Waals surface area (Å²) in [5.41, 5.74) is 7.18. The molecule has 2 rings (SSSR count). The smallest absolute Gasteiger partial charge is 0.226 e. The molecule has 4 heteroatoms. The van der Waals surface area contributed by atoms with Gasteiger partial charge in [0.05, 0.1) is 19.0 Å². The van der Waals surface area contributed by atoms with Crippen molar-refractivity contribution in [1.29, 1.82) is 0 Å². The van der Waals surface area contributed by atoms with E-state index in [0.717, 1.165) is 11.3 Å². The zero-order valence-electron chi connectivity index (χ0n) is 11.2. The van der Waals surface area contributed by atoms with Crippen molar-refractivity contribution in [2.75, 3.05) is 12.8 Å². The number of ether oxygens (including phenoxy) is 1. The Morgan fingerprint density at radius 1 is 1.28 bits per heavy atom. The van der Waals surface area contributed by atoms with Crippen LogP contribution >= 0.6 is 0 Å². The molecule has 0 aliphatic heterocycles. The molecular formula is C14H18N2O2. The lowest BCUT2D eigenvalue weighted by atomic mass is 9.94. The normalized spacial score (nSPS) is 11.6. The summed E-state index contributed by atoms with van der Waals surface area (Å²) in [7, 11) is 1.59. The molecule has 0 radical (unpaired) electrons. The second kappa shape index (κ2) is 4.37. The van der Waals surface area contributed by atoms with Gasteiger partial charge in [-0.25, -0.2) is 4.98 Å². The van der Waals surface area contributed by atoms with Gasteiger partial charge in [-0.3, -0.25) is 0 Å². The fourth-order valence-corrected chi connectivity index (χ4v) is 1.60. The van der Waals surface area contributed by atoms with E-state index in [9.17, 15) is 0 Å². The Morgan fingerprint density at radius 2 is 2.00 bits per heavy atom. The number of anilines is 1. The van der Waals surface area contributed by atoms with Gasteiger partial charge in [0.2, 0.25) is 5.89 Å². The Morgan fingerprint density at radius 3 is 2.56 bits per heavy atom. The lowest BCUT2D eigenvalue weighted by Crippen LogP contribution is -2.09. The van der Waals surface area contributed by atoms with Crippen LogP contribution in [0.25, 0.3) is 11.5 Å². The van der Waals surface area contributed by atoms with Gasteiger partial charge in [-0.05, 0) is 18.2 Å².